The van der Waals surface area contributed by atoms with Crippen molar-refractivity contribution in [3.8, 4) is 11.5 Å². The second-order valence-electron chi connectivity index (χ2n) is 9.60. The van der Waals surface area contributed by atoms with E-state index < -0.39 is 26.2 Å². The molecule has 0 N–H and O–H groups in total. The molecule has 12 heteroatoms. The van der Waals surface area contributed by atoms with E-state index in [0.29, 0.717) is 12.8 Å². The topological polar surface area (TPSA) is 133 Å². The summed E-state index contributed by atoms with van der Waals surface area (Å²) in [7, 11) is -9.88. The molecule has 2 aliphatic carbocycles. The van der Waals surface area contributed by atoms with Crippen LogP contribution in [-0.2, 0) is 37.0 Å². The molecule has 2 aromatic rings. The van der Waals surface area contributed by atoms with E-state index in [1.165, 1.54) is 12.1 Å². The average Bonchev–Trinajstić information content (AvgIpc) is 2.91. The molecule has 0 saturated heterocycles. The molecule has 0 unspecified atom stereocenters. The molecule has 0 fully saturated rings. The fourth-order valence-electron chi connectivity index (χ4n) is 5.65. The summed E-state index contributed by atoms with van der Waals surface area (Å²) < 4.78 is 76.0. The van der Waals surface area contributed by atoms with Crippen LogP contribution >= 0.6 is 0 Å². The van der Waals surface area contributed by atoms with E-state index in [9.17, 15) is 25.9 Å². The molecule has 0 heterocycles. The molecule has 168 valence electrons. The van der Waals surface area contributed by atoms with Gasteiger partial charge >= 0.3 is 103 Å². The summed E-state index contributed by atoms with van der Waals surface area (Å²) >= 11 is 0. The Morgan fingerprint density at radius 1 is 0.667 bits per heavy atom. The van der Waals surface area contributed by atoms with Crippen molar-refractivity contribution in [2.24, 2.45) is 0 Å². The molecule has 2 aromatic carbocycles. The summed E-state index contributed by atoms with van der Waals surface area (Å²) in [4.78, 5) is 0. The largest absolute Gasteiger partial charge is 1.00 e. The van der Waals surface area contributed by atoms with Gasteiger partial charge in [0.1, 0.15) is 11.5 Å². The molecule has 0 aliphatic heterocycles. The van der Waals surface area contributed by atoms with Crippen molar-refractivity contribution in [2.75, 3.05) is 0 Å². The minimum atomic E-state index is -4.94. The molecule has 0 atom stereocenters. The number of rotatable bonds is 4. The van der Waals surface area contributed by atoms with Gasteiger partial charge in [0.15, 0.2) is 0 Å². The summed E-state index contributed by atoms with van der Waals surface area (Å²) in [6, 6.07) is 9.58. The van der Waals surface area contributed by atoms with Crippen LogP contribution < -0.4 is 111 Å². The van der Waals surface area contributed by atoms with Crippen LogP contribution in [0, 0.1) is 0 Å². The number of hydrogen-bond donors (Lipinski definition) is 0. The second kappa shape index (κ2) is 9.78. The monoisotopic (exact) mass is 544 g/mol. The Bertz CT molecular complexity index is 1200. The maximum Gasteiger partial charge on any atom is 1.00 e. The normalized spacial score (nSPS) is 19.1. The van der Waals surface area contributed by atoms with E-state index in [-0.39, 0.29) is 125 Å². The Morgan fingerprint density at radius 2 is 1.00 bits per heavy atom. The van der Waals surface area contributed by atoms with Gasteiger partial charge in [0.05, 0.1) is 0 Å². The fraction of sp³-hybridized carbons (Fsp3) is 0.429. The fourth-order valence-corrected chi connectivity index (χ4v) is 6.32. The Kier molecular flexibility index (Phi) is 9.00. The SMILES string of the molecule is CC1(C)CC2(CC(C)(C)c3ccc(OS(=O)(=O)[O-])cc32)c2cc(OS(=O)(=O)[O-])ccc21.[K+].[K+]. The zero-order valence-corrected chi connectivity index (χ0v) is 27.3. The van der Waals surface area contributed by atoms with Crippen LogP contribution in [0.25, 0.3) is 0 Å². The van der Waals surface area contributed by atoms with Crippen LogP contribution in [-0.4, -0.2) is 25.9 Å². The molecular weight excluding hydrogens is 523 g/mol. The van der Waals surface area contributed by atoms with Crippen molar-refractivity contribution in [2.45, 2.75) is 56.8 Å². The van der Waals surface area contributed by atoms with Crippen molar-refractivity contribution >= 4 is 20.8 Å². The van der Waals surface area contributed by atoms with E-state index in [1.807, 2.05) is 0 Å². The van der Waals surface area contributed by atoms with Gasteiger partial charge in [-0.2, -0.15) is 0 Å². The summed E-state index contributed by atoms with van der Waals surface area (Å²) in [6.45, 7) is 8.27. The number of fused-ring (bicyclic) bond motifs is 4. The van der Waals surface area contributed by atoms with Gasteiger partial charge in [-0.3, -0.25) is 0 Å². The standard InChI is InChI=1S/C21H24O8S2.2K/c1-19(2)11-21(17-9-13(5-7-15(17)19)28-30(22,23)24)12-20(3,4)16-8-6-14(10-18(16)21)29-31(25,26)27;;/h5-10H,11-12H2,1-4H3,(H,22,23,24)(H,25,26,27);;/q;2*+1/p-2. The predicted molar refractivity (Wildman–Crippen MR) is 110 cm³/mol. The van der Waals surface area contributed by atoms with Crippen LogP contribution in [0.4, 0.5) is 0 Å². The van der Waals surface area contributed by atoms with Crippen LogP contribution in [0.1, 0.15) is 62.8 Å². The summed E-state index contributed by atoms with van der Waals surface area (Å²) in [5, 5.41) is 0. The Hall–Kier alpha value is 1.13. The summed E-state index contributed by atoms with van der Waals surface area (Å²) in [5.41, 5.74) is 2.41. The molecule has 8 nitrogen and oxygen atoms in total. The molecule has 0 bridgehead atoms. The quantitative estimate of drug-likeness (QED) is 0.226. The van der Waals surface area contributed by atoms with E-state index in [1.54, 1.807) is 24.3 Å². The average molecular weight is 545 g/mol. The minimum Gasteiger partial charge on any atom is -0.716 e. The second-order valence-corrected chi connectivity index (χ2v) is 11.6. The molecule has 0 aromatic heterocycles. The first-order chi connectivity index (χ1) is 14.0. The Morgan fingerprint density at radius 3 is 1.30 bits per heavy atom. The van der Waals surface area contributed by atoms with E-state index in [2.05, 4.69) is 36.1 Å². The van der Waals surface area contributed by atoms with Crippen LogP contribution in [0.2, 0.25) is 0 Å². The van der Waals surface area contributed by atoms with E-state index in [4.69, 9.17) is 0 Å². The van der Waals surface area contributed by atoms with Gasteiger partial charge in [-0.1, -0.05) is 39.8 Å². The van der Waals surface area contributed by atoms with Gasteiger partial charge < -0.3 is 17.5 Å². The molecule has 33 heavy (non-hydrogen) atoms. The number of hydrogen-bond acceptors (Lipinski definition) is 8. The van der Waals surface area contributed by atoms with Crippen molar-refractivity contribution < 1.29 is 137 Å². The summed E-state index contributed by atoms with van der Waals surface area (Å²) in [6.07, 6.45) is 1.32. The van der Waals surface area contributed by atoms with E-state index >= 15 is 0 Å². The zero-order valence-electron chi connectivity index (χ0n) is 19.5. The van der Waals surface area contributed by atoms with Crippen LogP contribution in [0.15, 0.2) is 36.4 Å². The van der Waals surface area contributed by atoms with Gasteiger partial charge in [-0.25, -0.2) is 16.8 Å². The van der Waals surface area contributed by atoms with Crippen molar-refractivity contribution in [3.63, 3.8) is 0 Å². The van der Waals surface area contributed by atoms with Gasteiger partial charge in [0.2, 0.25) is 0 Å². The predicted octanol–water partition coefficient (Wildman–Crippen LogP) is -2.98. The molecule has 4 rings (SSSR count). The first-order valence-corrected chi connectivity index (χ1v) is 12.3. The first kappa shape index (κ1) is 30.4. The maximum atomic E-state index is 11.1. The maximum absolute atomic E-state index is 11.1. The van der Waals surface area contributed by atoms with Crippen molar-refractivity contribution in [1.29, 1.82) is 0 Å². The smallest absolute Gasteiger partial charge is 0.716 e. The molecule has 0 amide bonds. The summed E-state index contributed by atoms with van der Waals surface area (Å²) in [5.74, 6) is -0.154. The molecular formula is C21H22K2O8S2. The molecule has 0 radical (unpaired) electrons. The van der Waals surface area contributed by atoms with E-state index in [0.717, 1.165) is 22.3 Å². The van der Waals surface area contributed by atoms with Gasteiger partial charge in [-0.05, 0) is 70.2 Å². The van der Waals surface area contributed by atoms with Crippen molar-refractivity contribution in [3.05, 3.63) is 58.7 Å². The first-order valence-electron chi connectivity index (χ1n) is 9.63. The van der Waals surface area contributed by atoms with Crippen LogP contribution in [0.5, 0.6) is 11.5 Å². The minimum absolute atomic E-state index is 0. The Labute approximate surface area is 280 Å². The van der Waals surface area contributed by atoms with Gasteiger partial charge in [0, 0.05) is 5.41 Å². The molecule has 0 saturated carbocycles. The molecule has 1 spiro atoms. The third-order valence-electron chi connectivity index (χ3n) is 6.36. The zero-order chi connectivity index (χ0) is 23.0. The number of benzene rings is 2. The molecule has 2 aliphatic rings. The third kappa shape index (κ3) is 6.00. The van der Waals surface area contributed by atoms with Gasteiger partial charge in [-0.15, -0.1) is 0 Å². The van der Waals surface area contributed by atoms with Crippen molar-refractivity contribution in [1.82, 2.24) is 0 Å². The van der Waals surface area contributed by atoms with Gasteiger partial charge in [0.25, 0.3) is 20.8 Å². The van der Waals surface area contributed by atoms with Crippen LogP contribution in [0.3, 0.4) is 0 Å². The third-order valence-corrected chi connectivity index (χ3v) is 7.15. The Balaban J connectivity index is 0.00000193.